The summed E-state index contributed by atoms with van der Waals surface area (Å²) in [5.41, 5.74) is 9.15. The summed E-state index contributed by atoms with van der Waals surface area (Å²) < 4.78 is 3.84. The Kier molecular flexibility index (Phi) is 5.57. The van der Waals surface area contributed by atoms with Crippen molar-refractivity contribution in [1.29, 1.82) is 0 Å². The number of fused-ring (bicyclic) bond motifs is 1. The maximum absolute atomic E-state index is 13.3. The van der Waals surface area contributed by atoms with E-state index in [9.17, 15) is 4.79 Å². The van der Waals surface area contributed by atoms with E-state index in [1.165, 1.54) is 21.4 Å². The number of hydrogen-bond donors (Lipinski definition) is 0. The maximum Gasteiger partial charge on any atom is 0.291 e. The molecule has 3 aromatic carbocycles. The zero-order valence-electron chi connectivity index (χ0n) is 21.1. The van der Waals surface area contributed by atoms with Crippen LogP contribution in [0.25, 0.3) is 39.4 Å². The quantitative estimate of drug-likeness (QED) is 0.321. The van der Waals surface area contributed by atoms with Crippen LogP contribution in [0.5, 0.6) is 0 Å². The van der Waals surface area contributed by atoms with Gasteiger partial charge in [0.1, 0.15) is 5.69 Å². The SMILES string of the molecule is Cc1ccc(-c2nc3sc(=Cc4cn(-c5ccccc5)nc4-c4c(C)cc(C)cc4C)c(=O)n3n2)cc1. The van der Waals surface area contributed by atoms with Gasteiger partial charge >= 0.3 is 0 Å². The van der Waals surface area contributed by atoms with Crippen molar-refractivity contribution < 1.29 is 0 Å². The smallest absolute Gasteiger partial charge is 0.266 e. The highest BCUT2D eigenvalue weighted by atomic mass is 32.1. The fourth-order valence-corrected chi connectivity index (χ4v) is 5.65. The molecule has 0 saturated heterocycles. The molecule has 0 fully saturated rings. The van der Waals surface area contributed by atoms with Gasteiger partial charge in [-0.2, -0.15) is 14.6 Å². The summed E-state index contributed by atoms with van der Waals surface area (Å²) in [7, 11) is 0. The van der Waals surface area contributed by atoms with Gasteiger partial charge in [0.25, 0.3) is 5.56 Å². The number of thiazole rings is 1. The van der Waals surface area contributed by atoms with E-state index in [1.54, 1.807) is 0 Å². The minimum Gasteiger partial charge on any atom is -0.266 e. The van der Waals surface area contributed by atoms with Gasteiger partial charge in [0.2, 0.25) is 4.96 Å². The molecule has 37 heavy (non-hydrogen) atoms. The Balaban J connectivity index is 1.52. The molecular formula is C30H25N5OS. The lowest BCUT2D eigenvalue weighted by molar-refractivity contribution is 0.883. The van der Waals surface area contributed by atoms with E-state index in [1.807, 2.05) is 78.5 Å². The topological polar surface area (TPSA) is 65.1 Å². The van der Waals surface area contributed by atoms with Crippen LogP contribution in [0.15, 0.2) is 77.7 Å². The summed E-state index contributed by atoms with van der Waals surface area (Å²) in [6.07, 6.45) is 3.89. The molecule has 6 aromatic rings. The second-order valence-electron chi connectivity index (χ2n) is 9.40. The Bertz CT molecular complexity index is 1860. The third-order valence-electron chi connectivity index (χ3n) is 6.46. The fraction of sp³-hybridized carbons (Fsp3) is 0.133. The van der Waals surface area contributed by atoms with Crippen molar-refractivity contribution in [2.45, 2.75) is 27.7 Å². The third-order valence-corrected chi connectivity index (χ3v) is 7.41. The monoisotopic (exact) mass is 503 g/mol. The first-order valence-corrected chi connectivity index (χ1v) is 12.9. The van der Waals surface area contributed by atoms with Gasteiger partial charge in [-0.25, -0.2) is 4.68 Å². The largest absolute Gasteiger partial charge is 0.291 e. The second-order valence-corrected chi connectivity index (χ2v) is 10.4. The van der Waals surface area contributed by atoms with Crippen LogP contribution in [-0.2, 0) is 0 Å². The summed E-state index contributed by atoms with van der Waals surface area (Å²) in [5.74, 6) is 0.554. The predicted octanol–water partition coefficient (Wildman–Crippen LogP) is 5.45. The van der Waals surface area contributed by atoms with Crippen LogP contribution in [0.1, 0.15) is 27.8 Å². The average molecular weight is 504 g/mol. The Morgan fingerprint density at radius 2 is 1.54 bits per heavy atom. The van der Waals surface area contributed by atoms with Crippen LogP contribution in [0, 0.1) is 27.7 Å². The zero-order valence-corrected chi connectivity index (χ0v) is 21.9. The first-order chi connectivity index (χ1) is 17.9. The molecule has 0 amide bonds. The van der Waals surface area contributed by atoms with Crippen LogP contribution in [0.4, 0.5) is 0 Å². The maximum atomic E-state index is 13.3. The molecule has 0 N–H and O–H groups in total. The molecule has 6 nitrogen and oxygen atoms in total. The van der Waals surface area contributed by atoms with Crippen LogP contribution < -0.4 is 10.1 Å². The number of para-hydroxylation sites is 1. The number of rotatable bonds is 4. The lowest BCUT2D eigenvalue weighted by Gasteiger charge is -2.10. The summed E-state index contributed by atoms with van der Waals surface area (Å²) in [6.45, 7) is 8.35. The van der Waals surface area contributed by atoms with Gasteiger partial charge in [0.15, 0.2) is 5.82 Å². The molecule has 3 aromatic heterocycles. The normalized spacial score (nSPS) is 12.1. The highest BCUT2D eigenvalue weighted by Crippen LogP contribution is 2.31. The van der Waals surface area contributed by atoms with E-state index >= 15 is 0 Å². The predicted molar refractivity (Wildman–Crippen MR) is 149 cm³/mol. The van der Waals surface area contributed by atoms with Gasteiger partial charge in [0, 0.05) is 22.9 Å². The van der Waals surface area contributed by atoms with Crippen molar-refractivity contribution in [3.05, 3.63) is 116 Å². The van der Waals surface area contributed by atoms with Gasteiger partial charge in [-0.1, -0.05) is 77.1 Å². The average Bonchev–Trinajstić information content (AvgIpc) is 3.55. The number of aromatic nitrogens is 5. The highest BCUT2D eigenvalue weighted by molar-refractivity contribution is 7.15. The first kappa shape index (κ1) is 23.1. The van der Waals surface area contributed by atoms with Gasteiger partial charge in [-0.15, -0.1) is 5.10 Å². The summed E-state index contributed by atoms with van der Waals surface area (Å²) >= 11 is 1.34. The Hall–Kier alpha value is -4.36. The molecule has 0 radical (unpaired) electrons. The second kappa shape index (κ2) is 8.94. The van der Waals surface area contributed by atoms with E-state index in [-0.39, 0.29) is 5.56 Å². The molecule has 3 heterocycles. The van der Waals surface area contributed by atoms with Gasteiger partial charge in [-0.3, -0.25) is 4.79 Å². The Labute approximate surface area is 218 Å². The summed E-state index contributed by atoms with van der Waals surface area (Å²) in [5, 5.41) is 9.49. The number of aryl methyl sites for hydroxylation is 4. The number of nitrogens with zero attached hydrogens (tertiary/aromatic N) is 5. The molecule has 0 aliphatic heterocycles. The number of hydrogen-bond acceptors (Lipinski definition) is 5. The third kappa shape index (κ3) is 4.17. The van der Waals surface area contributed by atoms with E-state index in [0.717, 1.165) is 44.8 Å². The van der Waals surface area contributed by atoms with Gasteiger partial charge < -0.3 is 0 Å². The number of benzene rings is 3. The van der Waals surface area contributed by atoms with E-state index < -0.39 is 0 Å². The molecule has 182 valence electrons. The van der Waals surface area contributed by atoms with E-state index in [2.05, 4.69) is 43.0 Å². The molecular weight excluding hydrogens is 478 g/mol. The van der Waals surface area contributed by atoms with Crippen molar-refractivity contribution in [2.24, 2.45) is 0 Å². The van der Waals surface area contributed by atoms with E-state index in [4.69, 9.17) is 5.10 Å². The Morgan fingerprint density at radius 1 is 0.838 bits per heavy atom. The lowest BCUT2D eigenvalue weighted by atomic mass is 9.95. The van der Waals surface area contributed by atoms with Crippen molar-refractivity contribution in [2.75, 3.05) is 0 Å². The molecule has 7 heteroatoms. The zero-order chi connectivity index (χ0) is 25.7. The molecule has 0 unspecified atom stereocenters. The van der Waals surface area contributed by atoms with Crippen LogP contribution in [-0.4, -0.2) is 24.4 Å². The molecule has 0 spiro atoms. The Morgan fingerprint density at radius 3 is 2.22 bits per heavy atom. The molecule has 0 aliphatic carbocycles. The molecule has 0 aliphatic rings. The molecule has 0 bridgehead atoms. The lowest BCUT2D eigenvalue weighted by Crippen LogP contribution is -2.23. The fourth-order valence-electron chi connectivity index (χ4n) is 4.75. The van der Waals surface area contributed by atoms with Crippen molar-refractivity contribution in [3.63, 3.8) is 0 Å². The highest BCUT2D eigenvalue weighted by Gasteiger charge is 2.17. The van der Waals surface area contributed by atoms with Crippen LogP contribution in [0.3, 0.4) is 0 Å². The summed E-state index contributed by atoms with van der Waals surface area (Å²) in [4.78, 5) is 18.6. The first-order valence-electron chi connectivity index (χ1n) is 12.1. The van der Waals surface area contributed by atoms with Crippen molar-refractivity contribution in [1.82, 2.24) is 24.4 Å². The standard InChI is InChI=1S/C30H25N5OS/c1-18-10-12-22(13-11-18)28-31-30-35(33-28)29(36)25(37-30)16-23-17-34(24-8-6-5-7-9-24)32-27(23)26-20(3)14-19(2)15-21(26)4/h5-17H,1-4H3. The van der Waals surface area contributed by atoms with E-state index in [0.29, 0.717) is 15.3 Å². The molecule has 0 saturated carbocycles. The van der Waals surface area contributed by atoms with Gasteiger partial charge in [0.05, 0.1) is 10.2 Å². The van der Waals surface area contributed by atoms with Crippen LogP contribution in [0.2, 0.25) is 0 Å². The minimum atomic E-state index is -0.179. The molecule has 0 atom stereocenters. The van der Waals surface area contributed by atoms with Crippen molar-refractivity contribution in [3.8, 4) is 28.3 Å². The minimum absolute atomic E-state index is 0.179. The van der Waals surface area contributed by atoms with Gasteiger partial charge in [-0.05, 0) is 57.0 Å². The van der Waals surface area contributed by atoms with Crippen LogP contribution >= 0.6 is 11.3 Å². The molecule has 6 rings (SSSR count). The summed E-state index contributed by atoms with van der Waals surface area (Å²) in [6, 6.07) is 22.3. The van der Waals surface area contributed by atoms with Crippen molar-refractivity contribution >= 4 is 22.4 Å².